The number of imidazole rings is 1. The van der Waals surface area contributed by atoms with E-state index in [2.05, 4.69) is 5.43 Å². The first kappa shape index (κ1) is 14.9. The molecule has 1 heterocycles. The first-order valence-corrected chi connectivity index (χ1v) is 6.65. The molecular formula is C14H18N4O3. The molecular weight excluding hydrogens is 272 g/mol. The summed E-state index contributed by atoms with van der Waals surface area (Å²) >= 11 is 0. The molecule has 1 aromatic carbocycles. The van der Waals surface area contributed by atoms with Gasteiger partial charge in [-0.2, -0.15) is 0 Å². The molecule has 0 spiro atoms. The third kappa shape index (κ3) is 3.51. The number of carbonyl (C=O) groups is 1. The second-order valence-corrected chi connectivity index (χ2v) is 4.41. The minimum atomic E-state index is -0.378. The molecule has 0 aliphatic rings. The van der Waals surface area contributed by atoms with Crippen molar-refractivity contribution in [1.29, 1.82) is 0 Å². The molecule has 0 saturated carbocycles. The molecule has 0 radical (unpaired) electrons. The highest BCUT2D eigenvalue weighted by Gasteiger charge is 2.05. The number of hydrogen-bond donors (Lipinski definition) is 2. The first-order chi connectivity index (χ1) is 10.2. The lowest BCUT2D eigenvalue weighted by Crippen LogP contribution is -2.29. The van der Waals surface area contributed by atoms with Crippen LogP contribution >= 0.6 is 0 Å². The number of aryl methyl sites for hydroxylation is 1. The quantitative estimate of drug-likeness (QED) is 0.456. The second kappa shape index (κ2) is 6.76. The normalized spacial score (nSPS) is 10.4. The maximum atomic E-state index is 11.8. The Labute approximate surface area is 121 Å². The molecule has 1 aromatic heterocycles. The van der Waals surface area contributed by atoms with E-state index < -0.39 is 0 Å². The minimum Gasteiger partial charge on any atom is -0.492 e. The van der Waals surface area contributed by atoms with Crippen molar-refractivity contribution in [1.82, 2.24) is 14.6 Å². The molecule has 112 valence electrons. The molecule has 0 aliphatic carbocycles. The van der Waals surface area contributed by atoms with Crippen LogP contribution < -0.4 is 21.7 Å². The lowest BCUT2D eigenvalue weighted by atomic mass is 10.2. The zero-order valence-corrected chi connectivity index (χ0v) is 11.8. The number of hydrazine groups is 1. The van der Waals surface area contributed by atoms with Crippen molar-refractivity contribution in [3.63, 3.8) is 0 Å². The first-order valence-electron chi connectivity index (χ1n) is 6.65. The fraction of sp³-hybridized carbons (Fsp3) is 0.286. The van der Waals surface area contributed by atoms with Gasteiger partial charge in [0.2, 0.25) is 0 Å². The van der Waals surface area contributed by atoms with Crippen LogP contribution in [0, 0.1) is 0 Å². The summed E-state index contributed by atoms with van der Waals surface area (Å²) in [7, 11) is 0. The van der Waals surface area contributed by atoms with Crippen LogP contribution in [0.4, 0.5) is 0 Å². The van der Waals surface area contributed by atoms with Crippen LogP contribution in [0.15, 0.2) is 41.5 Å². The Morgan fingerprint density at radius 1 is 1.33 bits per heavy atom. The van der Waals surface area contributed by atoms with Gasteiger partial charge in [0, 0.05) is 24.5 Å². The summed E-state index contributed by atoms with van der Waals surface area (Å²) in [5, 5.41) is 0. The van der Waals surface area contributed by atoms with Crippen molar-refractivity contribution in [2.24, 2.45) is 5.84 Å². The van der Waals surface area contributed by atoms with Crippen molar-refractivity contribution >= 4 is 5.91 Å². The summed E-state index contributed by atoms with van der Waals surface area (Å²) in [5.74, 6) is 5.26. The molecule has 1 amide bonds. The number of ether oxygens (including phenoxy) is 1. The van der Waals surface area contributed by atoms with Gasteiger partial charge in [-0.15, -0.1) is 0 Å². The number of hydrogen-bond acceptors (Lipinski definition) is 4. The fourth-order valence-electron chi connectivity index (χ4n) is 1.94. The highest BCUT2D eigenvalue weighted by Crippen LogP contribution is 2.13. The zero-order valence-electron chi connectivity index (χ0n) is 11.8. The Kier molecular flexibility index (Phi) is 4.78. The molecule has 2 rings (SSSR count). The van der Waals surface area contributed by atoms with Crippen LogP contribution in [0.2, 0.25) is 0 Å². The number of rotatable bonds is 6. The topological polar surface area (TPSA) is 91.3 Å². The number of aromatic nitrogens is 2. The monoisotopic (exact) mass is 290 g/mol. The van der Waals surface area contributed by atoms with E-state index in [1.54, 1.807) is 45.8 Å². The van der Waals surface area contributed by atoms with Gasteiger partial charge in [-0.3, -0.25) is 19.4 Å². The van der Waals surface area contributed by atoms with E-state index in [4.69, 9.17) is 10.6 Å². The number of amides is 1. The fourth-order valence-corrected chi connectivity index (χ4v) is 1.94. The van der Waals surface area contributed by atoms with E-state index in [1.807, 2.05) is 6.92 Å². The average molecular weight is 290 g/mol. The minimum absolute atomic E-state index is 0.0580. The van der Waals surface area contributed by atoms with E-state index in [-0.39, 0.29) is 11.6 Å². The Morgan fingerprint density at radius 2 is 2.10 bits per heavy atom. The maximum Gasteiger partial charge on any atom is 0.328 e. The van der Waals surface area contributed by atoms with Crippen LogP contribution in [0.3, 0.4) is 0 Å². The Hall–Kier alpha value is -2.54. The van der Waals surface area contributed by atoms with Gasteiger partial charge in [0.05, 0.1) is 6.54 Å². The molecule has 0 aliphatic heterocycles. The smallest absolute Gasteiger partial charge is 0.328 e. The number of nitrogen functional groups attached to an aromatic ring is 1. The molecule has 0 bridgehead atoms. The van der Waals surface area contributed by atoms with Gasteiger partial charge in [0.25, 0.3) is 5.91 Å². The van der Waals surface area contributed by atoms with Crippen molar-refractivity contribution in [2.75, 3.05) is 6.61 Å². The zero-order chi connectivity index (χ0) is 15.2. The van der Waals surface area contributed by atoms with Gasteiger partial charge in [0.1, 0.15) is 12.4 Å². The van der Waals surface area contributed by atoms with Crippen LogP contribution in [0.1, 0.15) is 17.3 Å². The number of benzene rings is 1. The summed E-state index contributed by atoms with van der Waals surface area (Å²) in [6, 6.07) is 6.69. The van der Waals surface area contributed by atoms with Crippen LogP contribution in [-0.2, 0) is 13.1 Å². The summed E-state index contributed by atoms with van der Waals surface area (Å²) in [5.41, 5.74) is 2.43. The van der Waals surface area contributed by atoms with Crippen molar-refractivity contribution in [3.05, 3.63) is 52.7 Å². The Balaban J connectivity index is 1.95. The van der Waals surface area contributed by atoms with Crippen molar-refractivity contribution in [2.45, 2.75) is 20.0 Å². The van der Waals surface area contributed by atoms with Crippen molar-refractivity contribution < 1.29 is 9.53 Å². The Bertz CT molecular complexity index is 675. The number of carbonyl (C=O) groups excluding carboxylic acids is 1. The highest BCUT2D eigenvalue weighted by atomic mass is 16.5. The number of nitrogens with one attached hydrogen (secondary N) is 1. The molecule has 7 heteroatoms. The second-order valence-electron chi connectivity index (χ2n) is 4.41. The molecule has 0 atom stereocenters. The van der Waals surface area contributed by atoms with E-state index in [0.717, 1.165) is 0 Å². The molecule has 0 unspecified atom stereocenters. The third-order valence-corrected chi connectivity index (χ3v) is 3.09. The van der Waals surface area contributed by atoms with Gasteiger partial charge in [-0.25, -0.2) is 10.6 Å². The van der Waals surface area contributed by atoms with E-state index in [1.165, 1.54) is 0 Å². The standard InChI is InChI=1S/C14H18N4O3/c1-2-17-6-7-18(14(17)20)8-9-21-12-5-3-4-11(10-12)13(19)16-15/h3-7,10H,2,8-9,15H2,1H3,(H,16,19). The maximum absolute atomic E-state index is 11.8. The predicted octanol–water partition coefficient (Wildman–Crippen LogP) is 0.352. The largest absolute Gasteiger partial charge is 0.492 e. The average Bonchev–Trinajstić information content (AvgIpc) is 2.87. The molecule has 21 heavy (non-hydrogen) atoms. The van der Waals surface area contributed by atoms with Crippen molar-refractivity contribution in [3.8, 4) is 5.75 Å². The van der Waals surface area contributed by atoms with Gasteiger partial charge < -0.3 is 4.74 Å². The van der Waals surface area contributed by atoms with E-state index in [0.29, 0.717) is 31.0 Å². The lowest BCUT2D eigenvalue weighted by Gasteiger charge is -2.07. The van der Waals surface area contributed by atoms with E-state index >= 15 is 0 Å². The summed E-state index contributed by atoms with van der Waals surface area (Å²) in [6.45, 7) is 3.33. The van der Waals surface area contributed by atoms with Gasteiger partial charge in [-0.1, -0.05) is 6.07 Å². The molecule has 0 saturated heterocycles. The predicted molar refractivity (Wildman–Crippen MR) is 78.0 cm³/mol. The summed E-state index contributed by atoms with van der Waals surface area (Å²) < 4.78 is 8.75. The molecule has 7 nitrogen and oxygen atoms in total. The van der Waals surface area contributed by atoms with Gasteiger partial charge in [0.15, 0.2) is 0 Å². The third-order valence-electron chi connectivity index (χ3n) is 3.09. The SMILES string of the molecule is CCn1ccn(CCOc2cccc(C(=O)NN)c2)c1=O. The molecule has 2 aromatic rings. The van der Waals surface area contributed by atoms with Gasteiger partial charge >= 0.3 is 5.69 Å². The van der Waals surface area contributed by atoms with Crippen LogP contribution in [-0.4, -0.2) is 21.6 Å². The summed E-state index contributed by atoms with van der Waals surface area (Å²) in [4.78, 5) is 23.2. The summed E-state index contributed by atoms with van der Waals surface area (Å²) in [6.07, 6.45) is 3.47. The van der Waals surface area contributed by atoms with Crippen LogP contribution in [0.5, 0.6) is 5.75 Å². The number of nitrogens with zero attached hydrogens (tertiary/aromatic N) is 2. The number of nitrogens with two attached hydrogens (primary N) is 1. The van der Waals surface area contributed by atoms with E-state index in [9.17, 15) is 9.59 Å². The lowest BCUT2D eigenvalue weighted by molar-refractivity contribution is 0.0953. The Morgan fingerprint density at radius 3 is 2.76 bits per heavy atom. The molecule has 0 fully saturated rings. The van der Waals surface area contributed by atoms with Crippen LogP contribution in [0.25, 0.3) is 0 Å². The highest BCUT2D eigenvalue weighted by molar-refractivity contribution is 5.94. The van der Waals surface area contributed by atoms with Gasteiger partial charge in [-0.05, 0) is 25.1 Å². The molecule has 3 N–H and O–H groups in total.